The monoisotopic (exact) mass is 543 g/mol. The van der Waals surface area contributed by atoms with Crippen molar-refractivity contribution in [1.82, 2.24) is 5.32 Å². The van der Waals surface area contributed by atoms with E-state index in [4.69, 9.17) is 5.73 Å². The van der Waals surface area contributed by atoms with Crippen LogP contribution in [0.15, 0.2) is 54.6 Å². The number of nitriles is 1. The van der Waals surface area contributed by atoms with Gasteiger partial charge in [-0.25, -0.2) is 8.78 Å². The number of halogens is 5. The molecule has 0 saturated carbocycles. The van der Waals surface area contributed by atoms with E-state index in [0.29, 0.717) is 62.6 Å². The standard InChI is InChI=1S/C28H26F5N5O/c29-23-4-1-3-21(26(23)30)18-5-7-25(22(16-18)27(39)36-10-2-9-34)38-13-11-37(12-14-38)24-8-6-20(28(31,32)33)15-19(24)17-35/h1,3-8,15-16H,2,9-14,34H2,(H,36,39). The number of rotatable bonds is 7. The molecule has 0 spiro atoms. The molecule has 4 rings (SSSR count). The molecular weight excluding hydrogens is 517 g/mol. The highest BCUT2D eigenvalue weighted by Crippen LogP contribution is 2.34. The molecule has 0 atom stereocenters. The lowest BCUT2D eigenvalue weighted by Crippen LogP contribution is -2.47. The maximum Gasteiger partial charge on any atom is 0.416 e. The van der Waals surface area contributed by atoms with E-state index in [9.17, 15) is 32.0 Å². The molecule has 0 aromatic heterocycles. The van der Waals surface area contributed by atoms with Crippen LogP contribution in [0.25, 0.3) is 11.1 Å². The molecule has 1 heterocycles. The second kappa shape index (κ2) is 11.7. The molecule has 0 unspecified atom stereocenters. The number of nitrogens with two attached hydrogens (primary N) is 1. The Balaban J connectivity index is 1.60. The highest BCUT2D eigenvalue weighted by molar-refractivity contribution is 6.01. The van der Waals surface area contributed by atoms with Gasteiger partial charge in [0, 0.05) is 44.0 Å². The maximum absolute atomic E-state index is 14.5. The molecule has 3 aromatic rings. The lowest BCUT2D eigenvalue weighted by molar-refractivity contribution is -0.137. The van der Waals surface area contributed by atoms with Crippen LogP contribution < -0.4 is 20.9 Å². The summed E-state index contributed by atoms with van der Waals surface area (Å²) in [4.78, 5) is 16.9. The molecule has 1 aliphatic rings. The average molecular weight is 544 g/mol. The van der Waals surface area contributed by atoms with Gasteiger partial charge in [-0.3, -0.25) is 4.79 Å². The van der Waals surface area contributed by atoms with Crippen LogP contribution in [0.4, 0.5) is 33.3 Å². The van der Waals surface area contributed by atoms with Crippen LogP contribution in [0.1, 0.15) is 27.9 Å². The van der Waals surface area contributed by atoms with E-state index in [1.807, 2.05) is 15.9 Å². The van der Waals surface area contributed by atoms with E-state index >= 15 is 0 Å². The third-order valence-corrected chi connectivity index (χ3v) is 6.58. The quantitative estimate of drug-likeness (QED) is 0.326. The maximum atomic E-state index is 14.5. The Labute approximate surface area is 222 Å². The van der Waals surface area contributed by atoms with Crippen molar-refractivity contribution in [2.75, 3.05) is 49.1 Å². The van der Waals surface area contributed by atoms with E-state index in [2.05, 4.69) is 5.32 Å². The Morgan fingerprint density at radius 2 is 1.64 bits per heavy atom. The van der Waals surface area contributed by atoms with Crippen molar-refractivity contribution in [3.63, 3.8) is 0 Å². The van der Waals surface area contributed by atoms with Gasteiger partial charge in [0.1, 0.15) is 6.07 Å². The van der Waals surface area contributed by atoms with Gasteiger partial charge in [0.05, 0.1) is 22.4 Å². The van der Waals surface area contributed by atoms with Gasteiger partial charge >= 0.3 is 6.18 Å². The van der Waals surface area contributed by atoms with Gasteiger partial charge in [0.25, 0.3) is 5.91 Å². The summed E-state index contributed by atoms with van der Waals surface area (Å²) in [5, 5.41) is 12.3. The van der Waals surface area contributed by atoms with Gasteiger partial charge in [-0.15, -0.1) is 0 Å². The summed E-state index contributed by atoms with van der Waals surface area (Å²) in [6.45, 7) is 2.30. The zero-order valence-electron chi connectivity index (χ0n) is 20.9. The van der Waals surface area contributed by atoms with Crippen molar-refractivity contribution in [2.24, 2.45) is 5.73 Å². The van der Waals surface area contributed by atoms with Gasteiger partial charge in [0.2, 0.25) is 0 Å². The normalized spacial score (nSPS) is 13.8. The van der Waals surface area contributed by atoms with Crippen LogP contribution in [0.2, 0.25) is 0 Å². The summed E-state index contributed by atoms with van der Waals surface area (Å²) in [6, 6.07) is 13.6. The SMILES string of the molecule is N#Cc1cc(C(F)(F)F)ccc1N1CCN(c2ccc(-c3cccc(F)c3F)cc2C(=O)NCCCN)CC1. The first kappa shape index (κ1) is 27.9. The number of nitrogens with one attached hydrogen (secondary N) is 1. The molecule has 39 heavy (non-hydrogen) atoms. The number of nitrogens with zero attached hydrogens (tertiary/aromatic N) is 3. The summed E-state index contributed by atoms with van der Waals surface area (Å²) >= 11 is 0. The lowest BCUT2D eigenvalue weighted by atomic mass is 9.99. The van der Waals surface area contributed by atoms with E-state index in [1.54, 1.807) is 12.1 Å². The zero-order valence-corrected chi connectivity index (χ0v) is 20.9. The van der Waals surface area contributed by atoms with E-state index in [1.165, 1.54) is 24.3 Å². The Morgan fingerprint density at radius 1 is 0.974 bits per heavy atom. The number of hydrogen-bond acceptors (Lipinski definition) is 5. The number of benzene rings is 3. The topological polar surface area (TPSA) is 85.4 Å². The van der Waals surface area contributed by atoms with Crippen molar-refractivity contribution in [2.45, 2.75) is 12.6 Å². The van der Waals surface area contributed by atoms with Crippen molar-refractivity contribution in [1.29, 1.82) is 5.26 Å². The smallest absolute Gasteiger partial charge is 0.367 e. The fraction of sp³-hybridized carbons (Fsp3) is 0.286. The summed E-state index contributed by atoms with van der Waals surface area (Å²) in [6.07, 6.45) is -3.99. The number of amides is 1. The van der Waals surface area contributed by atoms with Gasteiger partial charge < -0.3 is 20.9 Å². The molecule has 11 heteroatoms. The fourth-order valence-electron chi connectivity index (χ4n) is 4.55. The molecule has 1 fully saturated rings. The second-order valence-corrected chi connectivity index (χ2v) is 9.05. The Kier molecular flexibility index (Phi) is 8.35. The summed E-state index contributed by atoms with van der Waals surface area (Å²) in [7, 11) is 0. The second-order valence-electron chi connectivity index (χ2n) is 9.05. The van der Waals surface area contributed by atoms with Gasteiger partial charge in [-0.05, 0) is 54.9 Å². The van der Waals surface area contributed by atoms with Crippen molar-refractivity contribution < 1.29 is 26.7 Å². The number of anilines is 2. The predicted molar refractivity (Wildman–Crippen MR) is 138 cm³/mol. The predicted octanol–water partition coefficient (Wildman–Crippen LogP) is 4.93. The van der Waals surface area contributed by atoms with Gasteiger partial charge in [-0.2, -0.15) is 18.4 Å². The Bertz CT molecular complexity index is 1390. The lowest BCUT2D eigenvalue weighted by Gasteiger charge is -2.38. The van der Waals surface area contributed by atoms with E-state index < -0.39 is 29.3 Å². The first-order chi connectivity index (χ1) is 18.6. The van der Waals surface area contributed by atoms with Crippen LogP contribution in [0.5, 0.6) is 0 Å². The minimum Gasteiger partial charge on any atom is -0.367 e. The molecule has 204 valence electrons. The third-order valence-electron chi connectivity index (χ3n) is 6.58. The number of carbonyl (C=O) groups excluding carboxylic acids is 1. The molecule has 0 bridgehead atoms. The molecule has 1 saturated heterocycles. The zero-order chi connectivity index (χ0) is 28.2. The first-order valence-electron chi connectivity index (χ1n) is 12.3. The number of piperazine rings is 1. The molecule has 6 nitrogen and oxygen atoms in total. The van der Waals surface area contributed by atoms with E-state index in [0.717, 1.165) is 18.2 Å². The molecule has 3 aromatic carbocycles. The highest BCUT2D eigenvalue weighted by atomic mass is 19.4. The van der Waals surface area contributed by atoms with Crippen molar-refractivity contribution in [3.05, 3.63) is 82.9 Å². The van der Waals surface area contributed by atoms with Crippen LogP contribution in [0.3, 0.4) is 0 Å². The summed E-state index contributed by atoms with van der Waals surface area (Å²) in [5.74, 6) is -2.41. The molecule has 0 radical (unpaired) electrons. The van der Waals surface area contributed by atoms with E-state index in [-0.39, 0.29) is 16.7 Å². The van der Waals surface area contributed by atoms with Crippen LogP contribution in [0, 0.1) is 23.0 Å². The number of alkyl halides is 3. The summed E-state index contributed by atoms with van der Waals surface area (Å²) in [5.41, 5.74) is 6.18. The third kappa shape index (κ3) is 6.12. The average Bonchev–Trinajstić information content (AvgIpc) is 2.93. The highest BCUT2D eigenvalue weighted by Gasteiger charge is 2.32. The molecule has 3 N–H and O–H groups in total. The van der Waals surface area contributed by atoms with Crippen molar-refractivity contribution >= 4 is 17.3 Å². The summed E-state index contributed by atoms with van der Waals surface area (Å²) < 4.78 is 67.6. The minimum absolute atomic E-state index is 0.0220. The molecule has 0 aliphatic carbocycles. The van der Waals surface area contributed by atoms with Crippen LogP contribution >= 0.6 is 0 Å². The largest absolute Gasteiger partial charge is 0.416 e. The van der Waals surface area contributed by atoms with Crippen LogP contribution in [-0.2, 0) is 6.18 Å². The van der Waals surface area contributed by atoms with Gasteiger partial charge in [-0.1, -0.05) is 18.2 Å². The van der Waals surface area contributed by atoms with Crippen LogP contribution in [-0.4, -0.2) is 45.2 Å². The number of carbonyl (C=O) groups is 1. The van der Waals surface area contributed by atoms with Crippen molar-refractivity contribution in [3.8, 4) is 17.2 Å². The molecule has 1 amide bonds. The Morgan fingerprint density at radius 3 is 2.28 bits per heavy atom. The van der Waals surface area contributed by atoms with Gasteiger partial charge in [0.15, 0.2) is 11.6 Å². The molecule has 1 aliphatic heterocycles. The first-order valence-corrected chi connectivity index (χ1v) is 12.3. The Hall–Kier alpha value is -4.17. The minimum atomic E-state index is -4.55. The fourth-order valence-corrected chi connectivity index (χ4v) is 4.55. The number of hydrogen-bond donors (Lipinski definition) is 2. The molecular formula is C28H26F5N5O.